The number of hydrogen-bond donors (Lipinski definition) is 1. The molecule has 1 aromatic rings. The van der Waals surface area contributed by atoms with E-state index >= 15 is 0 Å². The molecule has 1 N–H and O–H groups in total. The molecule has 1 heterocycles. The van der Waals surface area contributed by atoms with Crippen LogP contribution in [0.3, 0.4) is 0 Å². The number of carbonyl (C=O) groups excluding carboxylic acids is 1. The number of pyridine rings is 1. The van der Waals surface area contributed by atoms with E-state index in [1.54, 1.807) is 18.3 Å². The third-order valence-corrected chi connectivity index (χ3v) is 4.30. The average molecular weight is 267 g/mol. The lowest BCUT2D eigenvalue weighted by atomic mass is 9.88. The van der Waals surface area contributed by atoms with Gasteiger partial charge in [-0.3, -0.25) is 9.78 Å². The van der Waals surface area contributed by atoms with Crippen LogP contribution in [0.4, 0.5) is 0 Å². The highest BCUT2D eigenvalue weighted by Gasteiger charge is 2.33. The molecule has 0 atom stereocenters. The van der Waals surface area contributed by atoms with Crippen molar-refractivity contribution in [1.29, 1.82) is 0 Å². The SMILES string of the molecule is Cc1cc(C(=O)NCC2(CCl)CCCC2)ccn1. The number of nitrogens with one attached hydrogen (secondary N) is 1. The van der Waals surface area contributed by atoms with Crippen molar-refractivity contribution in [3.05, 3.63) is 29.6 Å². The quantitative estimate of drug-likeness (QED) is 0.852. The smallest absolute Gasteiger partial charge is 0.251 e. The molecule has 1 aliphatic rings. The van der Waals surface area contributed by atoms with Gasteiger partial charge in [0, 0.05) is 35.3 Å². The molecule has 3 nitrogen and oxygen atoms in total. The largest absolute Gasteiger partial charge is 0.351 e. The van der Waals surface area contributed by atoms with Gasteiger partial charge in [-0.25, -0.2) is 0 Å². The summed E-state index contributed by atoms with van der Waals surface area (Å²) >= 11 is 6.06. The maximum atomic E-state index is 12.0. The minimum Gasteiger partial charge on any atom is -0.351 e. The van der Waals surface area contributed by atoms with Crippen LogP contribution in [0.5, 0.6) is 0 Å². The normalized spacial score (nSPS) is 17.7. The number of amides is 1. The van der Waals surface area contributed by atoms with Crippen LogP contribution in [-0.4, -0.2) is 23.3 Å². The van der Waals surface area contributed by atoms with Gasteiger partial charge in [-0.15, -0.1) is 11.6 Å². The average Bonchev–Trinajstić information content (AvgIpc) is 2.85. The van der Waals surface area contributed by atoms with Crippen LogP contribution < -0.4 is 5.32 Å². The van der Waals surface area contributed by atoms with Crippen molar-refractivity contribution < 1.29 is 4.79 Å². The Labute approximate surface area is 113 Å². The van der Waals surface area contributed by atoms with Crippen molar-refractivity contribution in [2.45, 2.75) is 32.6 Å². The second-order valence-electron chi connectivity index (χ2n) is 5.21. The number of nitrogens with zero attached hydrogens (tertiary/aromatic N) is 1. The van der Waals surface area contributed by atoms with Gasteiger partial charge in [0.1, 0.15) is 0 Å². The van der Waals surface area contributed by atoms with E-state index in [9.17, 15) is 4.79 Å². The third-order valence-electron chi connectivity index (χ3n) is 3.73. The summed E-state index contributed by atoms with van der Waals surface area (Å²) in [5.74, 6) is 0.597. The Kier molecular flexibility index (Phi) is 4.23. The maximum Gasteiger partial charge on any atom is 0.251 e. The monoisotopic (exact) mass is 266 g/mol. The van der Waals surface area contributed by atoms with Crippen LogP contribution in [0.2, 0.25) is 0 Å². The van der Waals surface area contributed by atoms with Crippen LogP contribution in [0.15, 0.2) is 18.3 Å². The molecule has 0 spiro atoms. The predicted octanol–water partition coefficient (Wildman–Crippen LogP) is 2.92. The van der Waals surface area contributed by atoms with Crippen molar-refractivity contribution in [2.75, 3.05) is 12.4 Å². The Balaban J connectivity index is 1.96. The Bertz CT molecular complexity index is 428. The molecular weight excluding hydrogens is 248 g/mol. The van der Waals surface area contributed by atoms with Crippen LogP contribution >= 0.6 is 11.6 Å². The number of rotatable bonds is 4. The summed E-state index contributed by atoms with van der Waals surface area (Å²) in [4.78, 5) is 16.1. The molecule has 18 heavy (non-hydrogen) atoms. The van der Waals surface area contributed by atoms with E-state index in [0.29, 0.717) is 18.0 Å². The highest BCUT2D eigenvalue weighted by Crippen LogP contribution is 2.38. The van der Waals surface area contributed by atoms with E-state index in [1.165, 1.54) is 12.8 Å². The first-order valence-electron chi connectivity index (χ1n) is 6.42. The molecular formula is C14H19ClN2O. The molecule has 98 valence electrons. The van der Waals surface area contributed by atoms with Gasteiger partial charge in [-0.2, -0.15) is 0 Å². The highest BCUT2D eigenvalue weighted by molar-refractivity contribution is 6.18. The molecule has 2 rings (SSSR count). The Morgan fingerprint density at radius 1 is 1.50 bits per heavy atom. The zero-order chi connectivity index (χ0) is 13.0. The fourth-order valence-electron chi connectivity index (χ4n) is 2.54. The summed E-state index contributed by atoms with van der Waals surface area (Å²) in [5.41, 5.74) is 1.64. The van der Waals surface area contributed by atoms with E-state index in [1.807, 2.05) is 6.92 Å². The summed E-state index contributed by atoms with van der Waals surface area (Å²) in [5, 5.41) is 3.01. The standard InChI is InChI=1S/C14H19ClN2O/c1-11-8-12(4-7-16-11)13(18)17-10-14(9-15)5-2-3-6-14/h4,7-8H,2-3,5-6,9-10H2,1H3,(H,17,18). The molecule has 1 aromatic heterocycles. The topological polar surface area (TPSA) is 42.0 Å². The molecule has 0 bridgehead atoms. The Morgan fingerprint density at radius 3 is 2.83 bits per heavy atom. The van der Waals surface area contributed by atoms with Crippen molar-refractivity contribution in [3.63, 3.8) is 0 Å². The van der Waals surface area contributed by atoms with Gasteiger partial charge >= 0.3 is 0 Å². The molecule has 0 radical (unpaired) electrons. The molecule has 1 amide bonds. The van der Waals surface area contributed by atoms with Gasteiger partial charge in [0.05, 0.1) is 0 Å². The number of alkyl halides is 1. The van der Waals surface area contributed by atoms with Crippen LogP contribution in [0.1, 0.15) is 41.7 Å². The number of aromatic nitrogens is 1. The van der Waals surface area contributed by atoms with Gasteiger partial charge in [0.15, 0.2) is 0 Å². The van der Waals surface area contributed by atoms with Gasteiger partial charge < -0.3 is 5.32 Å². The molecule has 1 saturated carbocycles. The molecule has 0 aromatic carbocycles. The van der Waals surface area contributed by atoms with Crippen molar-refractivity contribution in [3.8, 4) is 0 Å². The van der Waals surface area contributed by atoms with Crippen molar-refractivity contribution >= 4 is 17.5 Å². The zero-order valence-electron chi connectivity index (χ0n) is 10.7. The second-order valence-corrected chi connectivity index (χ2v) is 5.48. The van der Waals surface area contributed by atoms with Crippen LogP contribution in [0.25, 0.3) is 0 Å². The summed E-state index contributed by atoms with van der Waals surface area (Å²) in [6, 6.07) is 3.54. The van der Waals surface area contributed by atoms with Crippen molar-refractivity contribution in [2.24, 2.45) is 5.41 Å². The minimum atomic E-state index is -0.0307. The Morgan fingerprint density at radius 2 is 2.22 bits per heavy atom. The lowest BCUT2D eigenvalue weighted by Crippen LogP contribution is -2.37. The van der Waals surface area contributed by atoms with Crippen LogP contribution in [0, 0.1) is 12.3 Å². The lowest BCUT2D eigenvalue weighted by molar-refractivity contribution is 0.0935. The summed E-state index contributed by atoms with van der Waals surface area (Å²) in [6.45, 7) is 2.56. The fraction of sp³-hybridized carbons (Fsp3) is 0.571. The highest BCUT2D eigenvalue weighted by atomic mass is 35.5. The van der Waals surface area contributed by atoms with Crippen molar-refractivity contribution in [1.82, 2.24) is 10.3 Å². The Hall–Kier alpha value is -1.09. The number of carbonyl (C=O) groups is 1. The van der Waals surface area contributed by atoms with Gasteiger partial charge in [0.25, 0.3) is 5.91 Å². The van der Waals surface area contributed by atoms with E-state index in [0.717, 1.165) is 18.5 Å². The number of aryl methyl sites for hydroxylation is 1. The van der Waals surface area contributed by atoms with Crippen LogP contribution in [-0.2, 0) is 0 Å². The van der Waals surface area contributed by atoms with Gasteiger partial charge in [0.2, 0.25) is 0 Å². The first-order valence-corrected chi connectivity index (χ1v) is 6.95. The zero-order valence-corrected chi connectivity index (χ0v) is 11.5. The van der Waals surface area contributed by atoms with E-state index in [4.69, 9.17) is 11.6 Å². The summed E-state index contributed by atoms with van der Waals surface area (Å²) in [6.07, 6.45) is 6.34. The van der Waals surface area contributed by atoms with E-state index < -0.39 is 0 Å². The van der Waals surface area contributed by atoms with E-state index in [-0.39, 0.29) is 11.3 Å². The summed E-state index contributed by atoms with van der Waals surface area (Å²) < 4.78 is 0. The minimum absolute atomic E-state index is 0.0307. The predicted molar refractivity (Wildman–Crippen MR) is 72.9 cm³/mol. The lowest BCUT2D eigenvalue weighted by Gasteiger charge is -2.26. The molecule has 0 saturated heterocycles. The van der Waals surface area contributed by atoms with Gasteiger partial charge in [-0.1, -0.05) is 12.8 Å². The summed E-state index contributed by atoms with van der Waals surface area (Å²) in [7, 11) is 0. The number of halogens is 1. The second kappa shape index (κ2) is 5.70. The third kappa shape index (κ3) is 3.02. The molecule has 1 aliphatic carbocycles. The maximum absolute atomic E-state index is 12.0. The molecule has 4 heteroatoms. The van der Waals surface area contributed by atoms with Gasteiger partial charge in [-0.05, 0) is 31.9 Å². The number of hydrogen-bond acceptors (Lipinski definition) is 2. The first kappa shape index (κ1) is 13.3. The molecule has 1 fully saturated rings. The molecule has 0 unspecified atom stereocenters. The molecule has 0 aliphatic heterocycles. The first-order chi connectivity index (χ1) is 8.65. The van der Waals surface area contributed by atoms with E-state index in [2.05, 4.69) is 10.3 Å². The fourth-order valence-corrected chi connectivity index (χ4v) is 2.90.